The van der Waals surface area contributed by atoms with E-state index in [9.17, 15) is 4.79 Å². The van der Waals surface area contributed by atoms with E-state index in [2.05, 4.69) is 10.2 Å². The van der Waals surface area contributed by atoms with Crippen LogP contribution >= 0.6 is 0 Å². The normalized spacial score (nSPS) is 15.4. The lowest BCUT2D eigenvalue weighted by Crippen LogP contribution is -2.42. The van der Waals surface area contributed by atoms with Gasteiger partial charge >= 0.3 is 0 Å². The third-order valence-electron chi connectivity index (χ3n) is 4.40. The molecule has 3 rings (SSSR count). The molecule has 0 spiro atoms. The van der Waals surface area contributed by atoms with Crippen molar-refractivity contribution in [1.82, 2.24) is 4.90 Å². The summed E-state index contributed by atoms with van der Waals surface area (Å²) in [6, 6.07) is 17.3. The number of likely N-dealkylation sites (tertiary alicyclic amines) is 1. The Hall–Kier alpha value is -2.53. The molecular weight excluding hydrogens is 328 g/mol. The van der Waals surface area contributed by atoms with Gasteiger partial charge in [0.2, 0.25) is 5.91 Å². The van der Waals surface area contributed by atoms with Gasteiger partial charge in [0.1, 0.15) is 6.10 Å². The first-order chi connectivity index (χ1) is 12.7. The second-order valence-electron chi connectivity index (χ2n) is 6.39. The number of hydrogen-bond acceptors (Lipinski definition) is 4. The largest absolute Gasteiger partial charge is 0.490 e. The average molecular weight is 354 g/mol. The summed E-state index contributed by atoms with van der Waals surface area (Å²) in [6.45, 7) is 4.70. The standard InChI is InChI=1S/C21H26N2O3/c1-2-25-19-10-6-7-11-20(19)26-18-12-14-23(15-13-18)16-21(24)22-17-8-4-3-5-9-17/h3-11,18H,2,12-16H2,1H3,(H,22,24). The minimum absolute atomic E-state index is 0.0252. The van der Waals surface area contributed by atoms with Crippen LogP contribution in [0.4, 0.5) is 5.69 Å². The van der Waals surface area contributed by atoms with Gasteiger partial charge in [-0.25, -0.2) is 0 Å². The number of nitrogens with zero attached hydrogens (tertiary/aromatic N) is 1. The molecule has 1 fully saturated rings. The molecule has 0 atom stereocenters. The van der Waals surface area contributed by atoms with Crippen molar-refractivity contribution >= 4 is 11.6 Å². The van der Waals surface area contributed by atoms with E-state index in [1.807, 2.05) is 61.5 Å². The van der Waals surface area contributed by atoms with Gasteiger partial charge in [-0.2, -0.15) is 0 Å². The zero-order valence-corrected chi connectivity index (χ0v) is 15.2. The molecule has 138 valence electrons. The number of ether oxygens (including phenoxy) is 2. The molecule has 26 heavy (non-hydrogen) atoms. The Labute approximate surface area is 154 Å². The minimum Gasteiger partial charge on any atom is -0.490 e. The number of anilines is 1. The number of carbonyl (C=O) groups is 1. The van der Waals surface area contributed by atoms with Crippen molar-refractivity contribution in [2.24, 2.45) is 0 Å². The molecule has 0 bridgehead atoms. The highest BCUT2D eigenvalue weighted by Gasteiger charge is 2.23. The summed E-state index contributed by atoms with van der Waals surface area (Å²) in [7, 11) is 0. The van der Waals surface area contributed by atoms with E-state index in [1.54, 1.807) is 0 Å². The highest BCUT2D eigenvalue weighted by molar-refractivity contribution is 5.92. The summed E-state index contributed by atoms with van der Waals surface area (Å²) in [5.74, 6) is 1.62. The van der Waals surface area contributed by atoms with Crippen LogP contribution in [0.2, 0.25) is 0 Å². The Morgan fingerprint density at radius 2 is 1.69 bits per heavy atom. The van der Waals surface area contributed by atoms with Gasteiger partial charge in [0, 0.05) is 18.8 Å². The number of amides is 1. The SMILES string of the molecule is CCOc1ccccc1OC1CCN(CC(=O)Nc2ccccc2)CC1. The molecule has 0 aliphatic carbocycles. The van der Waals surface area contributed by atoms with Crippen molar-refractivity contribution in [2.45, 2.75) is 25.9 Å². The summed E-state index contributed by atoms with van der Waals surface area (Å²) in [5, 5.41) is 2.93. The Balaban J connectivity index is 1.45. The number of piperidine rings is 1. The molecule has 0 saturated carbocycles. The third-order valence-corrected chi connectivity index (χ3v) is 4.40. The summed E-state index contributed by atoms with van der Waals surface area (Å²) >= 11 is 0. The molecule has 1 aliphatic rings. The number of hydrogen-bond donors (Lipinski definition) is 1. The summed E-state index contributed by atoms with van der Waals surface area (Å²) in [4.78, 5) is 14.3. The average Bonchev–Trinajstić information content (AvgIpc) is 2.66. The van der Waals surface area contributed by atoms with Crippen LogP contribution in [0.3, 0.4) is 0 Å². The lowest BCUT2D eigenvalue weighted by molar-refractivity contribution is -0.117. The molecule has 2 aromatic rings. The minimum atomic E-state index is 0.0252. The number of carbonyl (C=O) groups excluding carboxylic acids is 1. The Kier molecular flexibility index (Phi) is 6.50. The molecular formula is C21H26N2O3. The Morgan fingerprint density at radius 1 is 1.04 bits per heavy atom. The zero-order chi connectivity index (χ0) is 18.2. The first kappa shape index (κ1) is 18.3. The van der Waals surface area contributed by atoms with Crippen molar-refractivity contribution in [2.75, 3.05) is 31.6 Å². The zero-order valence-electron chi connectivity index (χ0n) is 15.2. The highest BCUT2D eigenvalue weighted by atomic mass is 16.5. The van der Waals surface area contributed by atoms with Gasteiger partial charge in [-0.05, 0) is 44.0 Å². The van der Waals surface area contributed by atoms with Gasteiger partial charge < -0.3 is 14.8 Å². The lowest BCUT2D eigenvalue weighted by atomic mass is 10.1. The van der Waals surface area contributed by atoms with Crippen molar-refractivity contribution in [3.63, 3.8) is 0 Å². The number of benzene rings is 2. The van der Waals surface area contributed by atoms with Crippen LogP contribution in [0.5, 0.6) is 11.5 Å². The molecule has 1 saturated heterocycles. The smallest absolute Gasteiger partial charge is 0.238 e. The monoisotopic (exact) mass is 354 g/mol. The predicted octanol–water partition coefficient (Wildman–Crippen LogP) is 3.57. The molecule has 1 aliphatic heterocycles. The third kappa shape index (κ3) is 5.23. The van der Waals surface area contributed by atoms with E-state index in [0.29, 0.717) is 13.2 Å². The van der Waals surface area contributed by atoms with E-state index >= 15 is 0 Å². The molecule has 1 N–H and O–H groups in total. The molecule has 0 radical (unpaired) electrons. The topological polar surface area (TPSA) is 50.8 Å². The Bertz CT molecular complexity index is 697. The van der Waals surface area contributed by atoms with Crippen molar-refractivity contribution in [3.05, 3.63) is 54.6 Å². The fourth-order valence-electron chi connectivity index (χ4n) is 3.11. The fourth-order valence-corrected chi connectivity index (χ4v) is 3.11. The molecule has 5 heteroatoms. The molecule has 5 nitrogen and oxygen atoms in total. The summed E-state index contributed by atoms with van der Waals surface area (Å²) in [6.07, 6.45) is 1.96. The first-order valence-corrected chi connectivity index (χ1v) is 9.20. The van der Waals surface area contributed by atoms with E-state index < -0.39 is 0 Å². The maximum atomic E-state index is 12.2. The van der Waals surface area contributed by atoms with Gasteiger partial charge in [-0.1, -0.05) is 30.3 Å². The molecule has 0 unspecified atom stereocenters. The second-order valence-corrected chi connectivity index (χ2v) is 6.39. The van der Waals surface area contributed by atoms with Crippen LogP contribution in [-0.4, -0.2) is 43.2 Å². The van der Waals surface area contributed by atoms with Gasteiger partial charge in [-0.15, -0.1) is 0 Å². The van der Waals surface area contributed by atoms with Gasteiger partial charge in [0.15, 0.2) is 11.5 Å². The molecule has 1 heterocycles. The van der Waals surface area contributed by atoms with E-state index in [1.165, 1.54) is 0 Å². The maximum Gasteiger partial charge on any atom is 0.238 e. The van der Waals surface area contributed by atoms with Crippen molar-refractivity contribution < 1.29 is 14.3 Å². The van der Waals surface area contributed by atoms with Crippen molar-refractivity contribution in [3.8, 4) is 11.5 Å². The molecule has 2 aromatic carbocycles. The van der Waals surface area contributed by atoms with Crippen molar-refractivity contribution in [1.29, 1.82) is 0 Å². The van der Waals surface area contributed by atoms with Crippen LogP contribution < -0.4 is 14.8 Å². The van der Waals surface area contributed by atoms with Crippen LogP contribution in [0.1, 0.15) is 19.8 Å². The van der Waals surface area contributed by atoms with Gasteiger partial charge in [-0.3, -0.25) is 9.69 Å². The first-order valence-electron chi connectivity index (χ1n) is 9.20. The van der Waals surface area contributed by atoms with E-state index in [0.717, 1.165) is 43.1 Å². The maximum absolute atomic E-state index is 12.2. The second kappa shape index (κ2) is 9.25. The summed E-state index contributed by atoms with van der Waals surface area (Å²) in [5.41, 5.74) is 0.836. The van der Waals surface area contributed by atoms with Crippen LogP contribution in [0.25, 0.3) is 0 Å². The number of rotatable bonds is 7. The quantitative estimate of drug-likeness (QED) is 0.826. The van der Waals surface area contributed by atoms with Crippen LogP contribution in [-0.2, 0) is 4.79 Å². The van der Waals surface area contributed by atoms with E-state index in [-0.39, 0.29) is 12.0 Å². The fraction of sp³-hybridized carbons (Fsp3) is 0.381. The van der Waals surface area contributed by atoms with Gasteiger partial charge in [0.25, 0.3) is 0 Å². The van der Waals surface area contributed by atoms with Gasteiger partial charge in [0.05, 0.1) is 13.2 Å². The highest BCUT2D eigenvalue weighted by Crippen LogP contribution is 2.29. The van der Waals surface area contributed by atoms with E-state index in [4.69, 9.17) is 9.47 Å². The molecule has 1 amide bonds. The summed E-state index contributed by atoms with van der Waals surface area (Å²) < 4.78 is 11.8. The Morgan fingerprint density at radius 3 is 2.38 bits per heavy atom. The molecule has 0 aromatic heterocycles. The predicted molar refractivity (Wildman–Crippen MR) is 103 cm³/mol. The van der Waals surface area contributed by atoms with Crippen LogP contribution in [0, 0.1) is 0 Å². The van der Waals surface area contributed by atoms with Crippen LogP contribution in [0.15, 0.2) is 54.6 Å². The lowest BCUT2D eigenvalue weighted by Gasteiger charge is -2.32. The number of nitrogens with one attached hydrogen (secondary N) is 1. The number of para-hydroxylation sites is 3.